The van der Waals surface area contributed by atoms with E-state index in [0.717, 1.165) is 51.2 Å². The molecule has 2 aliphatic rings. The lowest BCUT2D eigenvalue weighted by Gasteiger charge is -2.35. The molecule has 2 aliphatic heterocycles. The maximum atomic E-state index is 14.0. The van der Waals surface area contributed by atoms with Crippen molar-refractivity contribution in [3.05, 3.63) is 58.2 Å². The Kier molecular flexibility index (Phi) is 10.8. The summed E-state index contributed by atoms with van der Waals surface area (Å²) < 4.78 is 19.6. The van der Waals surface area contributed by atoms with E-state index in [2.05, 4.69) is 60.3 Å². The normalized spacial score (nSPS) is 20.3. The Hall–Kier alpha value is -4.33. The Morgan fingerprint density at radius 2 is 2.02 bits per heavy atom. The van der Waals surface area contributed by atoms with Gasteiger partial charge in [0.25, 0.3) is 5.91 Å². The minimum atomic E-state index is -0.979. The number of fused-ring (bicyclic) bond motifs is 6. The zero-order valence-electron chi connectivity index (χ0n) is 31.4. The maximum Gasteiger partial charge on any atom is 0.408 e. The standard InChI is InChI=1S/C39H50N6O6S/c1-9-44-31-15-14-24-18-26(31)27(34(44)25-12-10-16-40-33(25)23(2)49-8)20-39(6,7)22-50-36(47)28-13-11-17-45(43-28)35(46)29(19-32-41-30(24)21-52-32)42-37(48)51-38(3,4)5/h10,12,14-16,18,21,23,28-29,43H,9,11,13,17,19-20,22H2,1-8H3,(H,42,48)/t23-,28-,29-/m0/s1. The van der Waals surface area contributed by atoms with E-state index in [9.17, 15) is 14.4 Å². The molecule has 0 spiro atoms. The summed E-state index contributed by atoms with van der Waals surface area (Å²) in [6, 6.07) is 8.76. The number of carbonyl (C=O) groups excluding carboxylic acids is 3. The molecule has 3 atom stereocenters. The molecule has 6 rings (SSSR count). The van der Waals surface area contributed by atoms with Crippen LogP contribution in [0.3, 0.4) is 0 Å². The number of nitrogens with one attached hydrogen (secondary N) is 2. The zero-order valence-corrected chi connectivity index (χ0v) is 32.2. The van der Waals surface area contributed by atoms with Crippen LogP contribution in [0.5, 0.6) is 0 Å². The second-order valence-electron chi connectivity index (χ2n) is 15.4. The van der Waals surface area contributed by atoms with Gasteiger partial charge in [-0.2, -0.15) is 0 Å². The van der Waals surface area contributed by atoms with Crippen LogP contribution in [0.1, 0.15) is 83.7 Å². The monoisotopic (exact) mass is 730 g/mol. The first-order chi connectivity index (χ1) is 24.7. The average Bonchev–Trinajstić information content (AvgIpc) is 3.70. The predicted octanol–water partition coefficient (Wildman–Crippen LogP) is 6.61. The molecule has 5 heterocycles. The van der Waals surface area contributed by atoms with Crippen molar-refractivity contribution in [2.75, 3.05) is 20.3 Å². The van der Waals surface area contributed by atoms with Crippen molar-refractivity contribution in [2.45, 2.75) is 104 Å². The molecule has 4 aromatic rings. The molecule has 2 amide bonds. The number of rotatable bonds is 5. The minimum absolute atomic E-state index is 0.148. The van der Waals surface area contributed by atoms with Crippen LogP contribution in [0.25, 0.3) is 33.4 Å². The lowest BCUT2D eigenvalue weighted by molar-refractivity contribution is -0.155. The number of hydrazine groups is 1. The highest BCUT2D eigenvalue weighted by Crippen LogP contribution is 2.42. The number of cyclic esters (lactones) is 1. The van der Waals surface area contributed by atoms with Crippen molar-refractivity contribution in [2.24, 2.45) is 5.41 Å². The number of pyridine rings is 1. The smallest absolute Gasteiger partial charge is 0.408 e. The summed E-state index contributed by atoms with van der Waals surface area (Å²) in [7, 11) is 1.69. The SMILES string of the molecule is CCn1c(-c2cccnc2[C@H](C)OC)c2c3cc(ccc31)-c1csc(n1)C[C@H](NC(=O)OC(C)(C)C)C(=O)N1CCC[C@H](N1)C(=O)OCC(C)(C)C2. The van der Waals surface area contributed by atoms with Crippen molar-refractivity contribution in [1.29, 1.82) is 0 Å². The molecule has 52 heavy (non-hydrogen) atoms. The molecule has 3 aromatic heterocycles. The number of carbonyl (C=O) groups is 3. The topological polar surface area (TPSA) is 137 Å². The summed E-state index contributed by atoms with van der Waals surface area (Å²) in [5, 5.41) is 7.95. The van der Waals surface area contributed by atoms with Crippen LogP contribution in [0, 0.1) is 5.41 Å². The molecule has 12 nitrogen and oxygen atoms in total. The summed E-state index contributed by atoms with van der Waals surface area (Å²) in [6.07, 6.45) is 2.73. The van der Waals surface area contributed by atoms with Crippen molar-refractivity contribution in [3.63, 3.8) is 0 Å². The molecule has 0 saturated carbocycles. The van der Waals surface area contributed by atoms with Gasteiger partial charge in [0.2, 0.25) is 0 Å². The molecule has 0 radical (unpaired) electrons. The summed E-state index contributed by atoms with van der Waals surface area (Å²) in [5.74, 6) is -0.798. The van der Waals surface area contributed by atoms with E-state index >= 15 is 0 Å². The second-order valence-corrected chi connectivity index (χ2v) is 16.4. The number of methoxy groups -OCH3 is 1. The molecule has 13 heteroatoms. The van der Waals surface area contributed by atoms with Gasteiger partial charge in [-0.15, -0.1) is 11.3 Å². The lowest BCUT2D eigenvalue weighted by atomic mass is 9.84. The largest absolute Gasteiger partial charge is 0.464 e. The minimum Gasteiger partial charge on any atom is -0.464 e. The van der Waals surface area contributed by atoms with E-state index in [0.29, 0.717) is 30.8 Å². The van der Waals surface area contributed by atoms with E-state index in [4.69, 9.17) is 24.2 Å². The average molecular weight is 731 g/mol. The molecule has 278 valence electrons. The van der Waals surface area contributed by atoms with Gasteiger partial charge in [0.15, 0.2) is 0 Å². The summed E-state index contributed by atoms with van der Waals surface area (Å²) in [4.78, 5) is 50.3. The van der Waals surface area contributed by atoms with E-state index in [-0.39, 0.29) is 25.0 Å². The fraction of sp³-hybridized carbons (Fsp3) is 0.513. The van der Waals surface area contributed by atoms with Gasteiger partial charge in [-0.25, -0.2) is 15.2 Å². The van der Waals surface area contributed by atoms with Gasteiger partial charge in [-0.05, 0) is 83.7 Å². The van der Waals surface area contributed by atoms with Gasteiger partial charge in [-0.1, -0.05) is 19.9 Å². The van der Waals surface area contributed by atoms with Gasteiger partial charge in [0.05, 0.1) is 34.8 Å². The maximum absolute atomic E-state index is 14.0. The van der Waals surface area contributed by atoms with Crippen LogP contribution in [-0.2, 0) is 43.2 Å². The van der Waals surface area contributed by atoms with Crippen LogP contribution in [0.2, 0.25) is 0 Å². The fourth-order valence-corrected chi connectivity index (χ4v) is 7.86. The molecular weight excluding hydrogens is 681 g/mol. The summed E-state index contributed by atoms with van der Waals surface area (Å²) >= 11 is 1.43. The van der Waals surface area contributed by atoms with Crippen molar-refractivity contribution < 1.29 is 28.6 Å². The third-order valence-electron chi connectivity index (χ3n) is 9.53. The number of aromatic nitrogens is 3. The molecule has 0 aliphatic carbocycles. The number of hydrogen-bond donors (Lipinski definition) is 2. The molecule has 6 bridgehead atoms. The highest BCUT2D eigenvalue weighted by Gasteiger charge is 2.36. The quantitative estimate of drug-likeness (QED) is 0.217. The second kappa shape index (κ2) is 15.0. The Bertz CT molecular complexity index is 1960. The van der Waals surface area contributed by atoms with Gasteiger partial charge in [-0.3, -0.25) is 19.6 Å². The number of ether oxygens (including phenoxy) is 3. The number of amides is 2. The van der Waals surface area contributed by atoms with Crippen LogP contribution in [0.15, 0.2) is 41.9 Å². The van der Waals surface area contributed by atoms with Crippen molar-refractivity contribution >= 4 is 40.2 Å². The molecule has 1 fully saturated rings. The Labute approximate surface area is 309 Å². The van der Waals surface area contributed by atoms with Crippen LogP contribution in [0.4, 0.5) is 4.79 Å². The number of esters is 1. The first-order valence-corrected chi connectivity index (χ1v) is 18.9. The Morgan fingerprint density at radius 1 is 1.23 bits per heavy atom. The molecule has 0 unspecified atom stereocenters. The number of alkyl carbamates (subject to hydrolysis) is 1. The molecule has 2 N–H and O–H groups in total. The molecule has 1 saturated heterocycles. The lowest BCUT2D eigenvalue weighted by Crippen LogP contribution is -2.60. The van der Waals surface area contributed by atoms with Crippen LogP contribution in [-0.4, -0.2) is 75.5 Å². The number of thiazole rings is 1. The zero-order chi connectivity index (χ0) is 37.4. The third-order valence-corrected chi connectivity index (χ3v) is 10.4. The fourth-order valence-electron chi connectivity index (χ4n) is 7.01. The van der Waals surface area contributed by atoms with Crippen LogP contribution >= 0.6 is 11.3 Å². The van der Waals surface area contributed by atoms with E-state index in [1.54, 1.807) is 34.1 Å². The van der Waals surface area contributed by atoms with Crippen molar-refractivity contribution in [3.8, 4) is 22.5 Å². The van der Waals surface area contributed by atoms with Gasteiger partial charge >= 0.3 is 12.1 Å². The van der Waals surface area contributed by atoms with Gasteiger partial charge in [0.1, 0.15) is 17.7 Å². The Balaban J connectivity index is 1.49. The van der Waals surface area contributed by atoms with E-state index in [1.165, 1.54) is 16.3 Å². The molecule has 1 aromatic carbocycles. The predicted molar refractivity (Wildman–Crippen MR) is 201 cm³/mol. The van der Waals surface area contributed by atoms with Gasteiger partial charge < -0.3 is 24.1 Å². The number of nitrogens with zero attached hydrogens (tertiary/aromatic N) is 4. The number of hydrogen-bond acceptors (Lipinski definition) is 10. The number of aryl methyl sites for hydroxylation is 1. The van der Waals surface area contributed by atoms with Crippen LogP contribution < -0.4 is 10.7 Å². The summed E-state index contributed by atoms with van der Waals surface area (Å²) in [5.41, 5.74) is 8.71. The first-order valence-electron chi connectivity index (χ1n) is 18.0. The van der Waals surface area contributed by atoms with E-state index in [1.807, 2.05) is 18.4 Å². The Morgan fingerprint density at radius 3 is 2.75 bits per heavy atom. The highest BCUT2D eigenvalue weighted by atomic mass is 32.1. The highest BCUT2D eigenvalue weighted by molar-refractivity contribution is 7.10. The van der Waals surface area contributed by atoms with Gasteiger partial charge in [0, 0.05) is 65.6 Å². The van der Waals surface area contributed by atoms with Crippen molar-refractivity contribution in [1.82, 2.24) is 30.3 Å². The molecular formula is C39H50N6O6S. The third kappa shape index (κ3) is 8.01. The summed E-state index contributed by atoms with van der Waals surface area (Å²) in [6.45, 7) is 14.9. The van der Waals surface area contributed by atoms with E-state index < -0.39 is 35.2 Å². The first kappa shape index (κ1) is 37.4. The number of benzene rings is 1.